The van der Waals surface area contributed by atoms with E-state index in [1.165, 1.54) is 7.11 Å². The summed E-state index contributed by atoms with van der Waals surface area (Å²) in [7, 11) is 1.47. The van der Waals surface area contributed by atoms with Crippen LogP contribution in [0.1, 0.15) is 35.2 Å². The third-order valence-electron chi connectivity index (χ3n) is 3.97. The molecule has 1 heterocycles. The third kappa shape index (κ3) is 5.28. The molecule has 4 nitrogen and oxygen atoms in total. The van der Waals surface area contributed by atoms with E-state index in [1.807, 2.05) is 26.0 Å². The summed E-state index contributed by atoms with van der Waals surface area (Å²) in [6, 6.07) is 7.16. The zero-order valence-electron chi connectivity index (χ0n) is 14.5. The first-order valence-electron chi connectivity index (χ1n) is 7.90. The number of rotatable bonds is 7. The fourth-order valence-electron chi connectivity index (χ4n) is 2.56. The van der Waals surface area contributed by atoms with E-state index in [1.54, 1.807) is 18.3 Å². The molecule has 132 valence electrons. The summed E-state index contributed by atoms with van der Waals surface area (Å²) in [4.78, 5) is 21.6. The van der Waals surface area contributed by atoms with Crippen molar-refractivity contribution in [3.8, 4) is 0 Å². The van der Waals surface area contributed by atoms with Gasteiger partial charge in [-0.1, -0.05) is 34.4 Å². The molecule has 1 aromatic heterocycles. The first-order chi connectivity index (χ1) is 11.9. The number of aryl methyl sites for hydroxylation is 2. The van der Waals surface area contributed by atoms with Gasteiger partial charge in [0.25, 0.3) is 0 Å². The Bertz CT molecular complexity index is 784. The molecule has 2 rings (SSSR count). The summed E-state index contributed by atoms with van der Waals surface area (Å²) in [6.45, 7) is 3.91. The van der Waals surface area contributed by atoms with E-state index in [-0.39, 0.29) is 5.78 Å². The summed E-state index contributed by atoms with van der Waals surface area (Å²) in [6.07, 6.45) is 2.94. The first-order valence-corrected chi connectivity index (χ1v) is 8.66. The van der Waals surface area contributed by atoms with Crippen molar-refractivity contribution >= 4 is 34.7 Å². The number of carbonyl (C=O) groups excluding carboxylic acids is 1. The summed E-state index contributed by atoms with van der Waals surface area (Å²) >= 11 is 12.0. The number of pyridine rings is 1. The molecule has 0 aliphatic carbocycles. The minimum Gasteiger partial charge on any atom is -0.399 e. The van der Waals surface area contributed by atoms with Gasteiger partial charge in [0.2, 0.25) is 0 Å². The lowest BCUT2D eigenvalue weighted by Crippen LogP contribution is -2.10. The largest absolute Gasteiger partial charge is 0.399 e. The van der Waals surface area contributed by atoms with Crippen LogP contribution in [0.2, 0.25) is 10.0 Å². The second-order valence-corrected chi connectivity index (χ2v) is 6.57. The molecule has 0 N–H and O–H groups in total. The summed E-state index contributed by atoms with van der Waals surface area (Å²) < 4.78 is 0. The third-order valence-corrected chi connectivity index (χ3v) is 4.71. The van der Waals surface area contributed by atoms with Crippen LogP contribution < -0.4 is 0 Å². The van der Waals surface area contributed by atoms with Crippen molar-refractivity contribution in [2.45, 2.75) is 33.1 Å². The molecule has 0 fully saturated rings. The summed E-state index contributed by atoms with van der Waals surface area (Å²) in [5.41, 5.74) is 4.42. The van der Waals surface area contributed by atoms with Gasteiger partial charge in [-0.25, -0.2) is 0 Å². The van der Waals surface area contributed by atoms with Crippen LogP contribution in [0.3, 0.4) is 0 Å². The number of Topliss-reactive ketones (excluding diaryl/α,β-unsaturated/α-hetero) is 1. The molecule has 6 heteroatoms. The Hall–Kier alpha value is -1.91. The van der Waals surface area contributed by atoms with E-state index >= 15 is 0 Å². The number of ketones is 1. The van der Waals surface area contributed by atoms with Crippen LogP contribution in [0.25, 0.3) is 0 Å². The summed E-state index contributed by atoms with van der Waals surface area (Å²) in [5, 5.41) is 4.94. The molecule has 0 atom stereocenters. The molecular weight excluding hydrogens is 359 g/mol. The summed E-state index contributed by atoms with van der Waals surface area (Å²) in [5.74, 6) is 0.128. The lowest BCUT2D eigenvalue weighted by molar-refractivity contribution is -0.118. The van der Waals surface area contributed by atoms with Gasteiger partial charge in [-0.15, -0.1) is 0 Å². The van der Waals surface area contributed by atoms with E-state index in [0.717, 1.165) is 22.4 Å². The van der Waals surface area contributed by atoms with Crippen molar-refractivity contribution in [2.24, 2.45) is 5.16 Å². The number of halogens is 2. The Morgan fingerprint density at radius 3 is 2.56 bits per heavy atom. The zero-order chi connectivity index (χ0) is 18.4. The number of aromatic nitrogens is 1. The van der Waals surface area contributed by atoms with Crippen molar-refractivity contribution in [2.75, 3.05) is 7.11 Å². The highest BCUT2D eigenvalue weighted by atomic mass is 35.5. The maximum Gasteiger partial charge on any atom is 0.137 e. The minimum atomic E-state index is 0.128. The second kappa shape index (κ2) is 8.97. The van der Waals surface area contributed by atoms with Gasteiger partial charge < -0.3 is 4.84 Å². The lowest BCUT2D eigenvalue weighted by Gasteiger charge is -2.09. The van der Waals surface area contributed by atoms with Gasteiger partial charge in [0.05, 0.1) is 15.8 Å². The van der Waals surface area contributed by atoms with E-state index in [9.17, 15) is 4.79 Å². The molecule has 0 saturated carbocycles. The molecular formula is C19H20Cl2N2O2. The fraction of sp³-hybridized carbons (Fsp3) is 0.316. The number of benzene rings is 1. The Labute approximate surface area is 157 Å². The number of hydrogen-bond acceptors (Lipinski definition) is 4. The van der Waals surface area contributed by atoms with E-state index in [4.69, 9.17) is 28.0 Å². The molecule has 0 radical (unpaired) electrons. The zero-order valence-corrected chi connectivity index (χ0v) is 16.0. The molecule has 0 bridgehead atoms. The van der Waals surface area contributed by atoms with Gasteiger partial charge in [-0.05, 0) is 43.2 Å². The van der Waals surface area contributed by atoms with Gasteiger partial charge in [-0.3, -0.25) is 9.78 Å². The van der Waals surface area contributed by atoms with Crippen molar-refractivity contribution in [3.05, 3.63) is 62.9 Å². The van der Waals surface area contributed by atoms with E-state index in [0.29, 0.717) is 35.0 Å². The Morgan fingerprint density at radius 2 is 1.92 bits per heavy atom. The SMILES string of the molecule is CON=C(CCC(=O)Cc1c(C)ccnc1C)c1ccc(Cl)c(Cl)c1. The number of carbonyl (C=O) groups is 1. The second-order valence-electron chi connectivity index (χ2n) is 5.76. The highest BCUT2D eigenvalue weighted by Gasteiger charge is 2.13. The standard InChI is InChI=1S/C19H20Cl2N2O2/c1-12-8-9-22-13(2)16(12)11-15(24)5-7-19(23-25-3)14-4-6-17(20)18(21)10-14/h4,6,8-10H,5,7,11H2,1-3H3. The monoisotopic (exact) mass is 378 g/mol. The van der Waals surface area contributed by atoms with Crippen LogP contribution in [-0.4, -0.2) is 23.6 Å². The Balaban J connectivity index is 2.07. The first kappa shape index (κ1) is 19.4. The van der Waals surface area contributed by atoms with Crippen LogP contribution >= 0.6 is 23.2 Å². The van der Waals surface area contributed by atoms with Crippen molar-refractivity contribution in [1.29, 1.82) is 0 Å². The number of nitrogens with zero attached hydrogens (tertiary/aromatic N) is 2. The molecule has 1 aromatic carbocycles. The lowest BCUT2D eigenvalue weighted by atomic mass is 9.98. The number of oxime groups is 1. The van der Waals surface area contributed by atoms with Crippen LogP contribution in [0.4, 0.5) is 0 Å². The van der Waals surface area contributed by atoms with Crippen molar-refractivity contribution in [3.63, 3.8) is 0 Å². The Morgan fingerprint density at radius 1 is 1.16 bits per heavy atom. The normalized spacial score (nSPS) is 11.5. The maximum absolute atomic E-state index is 12.4. The topological polar surface area (TPSA) is 51.5 Å². The van der Waals surface area contributed by atoms with E-state index in [2.05, 4.69) is 10.1 Å². The average Bonchev–Trinajstić information content (AvgIpc) is 2.57. The minimum absolute atomic E-state index is 0.128. The average molecular weight is 379 g/mol. The molecule has 0 aliphatic heterocycles. The van der Waals surface area contributed by atoms with Gasteiger partial charge >= 0.3 is 0 Å². The van der Waals surface area contributed by atoms with Gasteiger partial charge in [0.1, 0.15) is 12.9 Å². The molecule has 0 saturated heterocycles. The number of hydrogen-bond donors (Lipinski definition) is 0. The maximum atomic E-state index is 12.4. The molecule has 25 heavy (non-hydrogen) atoms. The van der Waals surface area contributed by atoms with Gasteiger partial charge in [0, 0.05) is 36.7 Å². The van der Waals surface area contributed by atoms with Gasteiger partial charge in [-0.2, -0.15) is 0 Å². The highest BCUT2D eigenvalue weighted by molar-refractivity contribution is 6.42. The van der Waals surface area contributed by atoms with Crippen LogP contribution in [0.5, 0.6) is 0 Å². The molecule has 0 unspecified atom stereocenters. The smallest absolute Gasteiger partial charge is 0.137 e. The van der Waals surface area contributed by atoms with Crippen molar-refractivity contribution < 1.29 is 9.63 Å². The predicted molar refractivity (Wildman–Crippen MR) is 102 cm³/mol. The Kier molecular flexibility index (Phi) is 6.97. The highest BCUT2D eigenvalue weighted by Crippen LogP contribution is 2.24. The van der Waals surface area contributed by atoms with E-state index < -0.39 is 0 Å². The predicted octanol–water partition coefficient (Wildman–Crippen LogP) is 4.95. The molecule has 0 amide bonds. The fourth-order valence-corrected chi connectivity index (χ4v) is 2.86. The van der Waals surface area contributed by atoms with Crippen LogP contribution in [0, 0.1) is 13.8 Å². The molecule has 0 spiro atoms. The molecule has 2 aromatic rings. The van der Waals surface area contributed by atoms with Gasteiger partial charge in [0.15, 0.2) is 0 Å². The van der Waals surface area contributed by atoms with Crippen molar-refractivity contribution in [1.82, 2.24) is 4.98 Å². The molecule has 0 aliphatic rings. The quantitative estimate of drug-likeness (QED) is 0.505. The van der Waals surface area contributed by atoms with Crippen LogP contribution in [0.15, 0.2) is 35.6 Å². The van der Waals surface area contributed by atoms with Crippen LogP contribution in [-0.2, 0) is 16.1 Å².